The van der Waals surface area contributed by atoms with Crippen LogP contribution in [-0.2, 0) is 32.4 Å². The molecule has 0 bridgehead atoms. The van der Waals surface area contributed by atoms with E-state index in [1.165, 1.54) is 17.3 Å². The lowest BCUT2D eigenvalue weighted by molar-refractivity contribution is -0.138. The molecule has 4 aromatic rings. The van der Waals surface area contributed by atoms with Crippen LogP contribution in [0.3, 0.4) is 0 Å². The first kappa shape index (κ1) is 42.8. The van der Waals surface area contributed by atoms with Crippen LogP contribution in [0.1, 0.15) is 93.8 Å². The minimum absolute atomic E-state index is 0.0485. The molecule has 17 heteroatoms. The fraction of sp³-hybridized carbons (Fsp3) is 0.561. The van der Waals surface area contributed by atoms with Crippen molar-refractivity contribution in [3.63, 3.8) is 0 Å². The number of carbonyl (C=O) groups is 2. The van der Waals surface area contributed by atoms with Gasteiger partial charge in [-0.3, -0.25) is 9.59 Å². The number of piperidine rings is 1. The number of rotatable bonds is 15. The Balaban J connectivity index is 0.896. The van der Waals surface area contributed by atoms with Gasteiger partial charge in [0, 0.05) is 86.8 Å². The van der Waals surface area contributed by atoms with Gasteiger partial charge >= 0.3 is 0 Å². The molecule has 0 radical (unpaired) electrons. The topological polar surface area (TPSA) is 221 Å². The number of nitrogens with two attached hydrogens (primary N) is 3. The number of imidazole rings is 1. The third-order valence-electron chi connectivity index (χ3n) is 11.1. The van der Waals surface area contributed by atoms with Crippen molar-refractivity contribution in [1.82, 2.24) is 39.7 Å². The van der Waals surface area contributed by atoms with E-state index >= 15 is 0 Å². The molecular formula is C41H57N11O4S2. The maximum absolute atomic E-state index is 13.7. The number of likely N-dealkylation sites (tertiary alicyclic amines) is 1. The number of amides is 2. The van der Waals surface area contributed by atoms with Gasteiger partial charge in [0.1, 0.15) is 11.3 Å². The average molecular weight is 832 g/mol. The molecule has 0 unspecified atom stereocenters. The smallest absolute Gasteiger partial charge is 0.246 e. The molecule has 0 spiro atoms. The van der Waals surface area contributed by atoms with E-state index in [0.717, 1.165) is 111 Å². The van der Waals surface area contributed by atoms with Crippen LogP contribution in [0.25, 0.3) is 21.3 Å². The summed E-state index contributed by atoms with van der Waals surface area (Å²) in [7, 11) is -3.46. The van der Waals surface area contributed by atoms with E-state index in [-0.39, 0.29) is 35.9 Å². The number of aryl methyl sites for hydroxylation is 2. The molecule has 1 saturated carbocycles. The lowest BCUT2D eigenvalue weighted by Gasteiger charge is -2.37. The predicted molar refractivity (Wildman–Crippen MR) is 227 cm³/mol. The number of unbranched alkanes of at least 4 members (excludes halogenated alkanes) is 2. The largest absolute Gasteiger partial charge is 0.399 e. The van der Waals surface area contributed by atoms with Gasteiger partial charge in [0.25, 0.3) is 0 Å². The normalized spacial score (nSPS) is 18.0. The summed E-state index contributed by atoms with van der Waals surface area (Å²) in [6, 6.07) is 2.11. The first-order chi connectivity index (χ1) is 27.8. The Bertz CT molecular complexity index is 2280. The Hall–Kier alpha value is -4.79. The highest BCUT2D eigenvalue weighted by Gasteiger charge is 2.32. The molecule has 5 heterocycles. The summed E-state index contributed by atoms with van der Waals surface area (Å²) in [5.41, 5.74) is 16.4. The number of nitrogens with one attached hydrogen (secondary N) is 1. The Morgan fingerprint density at radius 1 is 1.07 bits per heavy atom. The Labute approximate surface area is 345 Å². The molecule has 312 valence electrons. The van der Waals surface area contributed by atoms with Crippen molar-refractivity contribution in [1.29, 1.82) is 0 Å². The second-order valence-corrected chi connectivity index (χ2v) is 19.0. The summed E-state index contributed by atoms with van der Waals surface area (Å²) in [6.45, 7) is 7.56. The number of carbonyl (C=O) groups excluding carboxylic acids is 2. The molecule has 1 saturated heterocycles. The van der Waals surface area contributed by atoms with Crippen LogP contribution in [0.15, 0.2) is 35.5 Å². The number of pyridine rings is 1. The van der Waals surface area contributed by atoms with Crippen LogP contribution < -0.4 is 22.6 Å². The predicted octanol–water partition coefficient (Wildman–Crippen LogP) is 4.43. The van der Waals surface area contributed by atoms with Crippen molar-refractivity contribution >= 4 is 60.1 Å². The third kappa shape index (κ3) is 11.0. The SMILES string of the molecule is CCCCc1nc2c(N)nc3cc(C)sc3c2n1CC1CCN(C(=O)C2CCC(CN(N)/C=C(\N)CNC(=O)CCCC#Cc3cnc(S(C)(=O)=O)nc3)CC2)CC1. The number of hydrogen-bond donors (Lipinski definition) is 4. The molecule has 2 aliphatic rings. The van der Waals surface area contributed by atoms with Crippen LogP contribution in [-0.4, -0.2) is 87.1 Å². The zero-order chi connectivity index (χ0) is 41.4. The van der Waals surface area contributed by atoms with Gasteiger partial charge in [-0.2, -0.15) is 0 Å². The number of thiophene rings is 1. The molecule has 2 amide bonds. The van der Waals surface area contributed by atoms with Gasteiger partial charge in [-0.25, -0.2) is 34.2 Å². The van der Waals surface area contributed by atoms with Gasteiger partial charge in [0.05, 0.1) is 27.8 Å². The lowest BCUT2D eigenvalue weighted by Crippen LogP contribution is -2.43. The highest BCUT2D eigenvalue weighted by molar-refractivity contribution is 7.90. The number of aromatic nitrogens is 5. The zero-order valence-electron chi connectivity index (χ0n) is 33.9. The van der Waals surface area contributed by atoms with Crippen molar-refractivity contribution in [2.75, 3.05) is 38.2 Å². The van der Waals surface area contributed by atoms with Gasteiger partial charge in [0.15, 0.2) is 5.82 Å². The molecule has 2 fully saturated rings. The van der Waals surface area contributed by atoms with E-state index in [0.29, 0.717) is 48.3 Å². The van der Waals surface area contributed by atoms with Crippen LogP contribution in [0.4, 0.5) is 5.82 Å². The minimum Gasteiger partial charge on any atom is -0.399 e. The Kier molecular flexibility index (Phi) is 14.2. The standard InChI is InChI=1S/C41H57N11O4S2/c1-4-5-10-34-49-36-37(38-33(48-39(36)43)20-27(2)57-38)52(34)25-29-16-18-50(19-17-29)40(54)31-14-12-28(13-15-31)24-51(44)26-32(42)23-45-35(53)11-8-6-7-9-30-21-46-41(47-22-30)58(3,55)56/h20-22,26,28-29,31H,4-6,8,10-19,23-25,42,44H2,1-3H3,(H2,43,48)(H,45,53)/b32-26-. The van der Waals surface area contributed by atoms with Crippen molar-refractivity contribution in [2.45, 2.75) is 103 Å². The summed E-state index contributed by atoms with van der Waals surface area (Å²) >= 11 is 1.76. The van der Waals surface area contributed by atoms with Gasteiger partial charge < -0.3 is 31.3 Å². The van der Waals surface area contributed by atoms with Crippen molar-refractivity contribution in [3.8, 4) is 11.8 Å². The summed E-state index contributed by atoms with van der Waals surface area (Å²) in [5.74, 6) is 14.7. The number of nitrogens with zero attached hydrogens (tertiary/aromatic N) is 7. The monoisotopic (exact) mass is 831 g/mol. The van der Waals surface area contributed by atoms with E-state index in [1.54, 1.807) is 22.5 Å². The molecule has 1 aliphatic carbocycles. The van der Waals surface area contributed by atoms with Gasteiger partial charge in [-0.15, -0.1) is 11.3 Å². The molecule has 1 aliphatic heterocycles. The molecule has 15 nitrogen and oxygen atoms in total. The highest BCUT2D eigenvalue weighted by atomic mass is 32.2. The highest BCUT2D eigenvalue weighted by Crippen LogP contribution is 2.36. The minimum atomic E-state index is -3.46. The van der Waals surface area contributed by atoms with Gasteiger partial charge in [-0.1, -0.05) is 25.2 Å². The lowest BCUT2D eigenvalue weighted by atomic mass is 9.81. The van der Waals surface area contributed by atoms with Crippen molar-refractivity contribution < 1.29 is 18.0 Å². The second-order valence-electron chi connectivity index (χ2n) is 15.9. The van der Waals surface area contributed by atoms with Gasteiger partial charge in [-0.05, 0) is 76.2 Å². The molecule has 7 N–H and O–H groups in total. The van der Waals surface area contributed by atoms with E-state index in [1.807, 2.05) is 0 Å². The van der Waals surface area contributed by atoms with Crippen LogP contribution in [0.2, 0.25) is 0 Å². The first-order valence-corrected chi connectivity index (χ1v) is 23.1. The van der Waals surface area contributed by atoms with Crippen molar-refractivity contribution in [3.05, 3.63) is 46.6 Å². The maximum atomic E-state index is 13.7. The quantitative estimate of drug-likeness (QED) is 0.0430. The Morgan fingerprint density at radius 2 is 1.79 bits per heavy atom. The maximum Gasteiger partial charge on any atom is 0.246 e. The van der Waals surface area contributed by atoms with E-state index in [4.69, 9.17) is 22.3 Å². The molecule has 0 aromatic carbocycles. The number of hydrogen-bond acceptors (Lipinski definition) is 13. The fourth-order valence-electron chi connectivity index (χ4n) is 7.98. The van der Waals surface area contributed by atoms with Crippen molar-refractivity contribution in [2.24, 2.45) is 29.3 Å². The number of anilines is 1. The van der Waals surface area contributed by atoms with Gasteiger partial charge in [0.2, 0.25) is 26.8 Å². The van der Waals surface area contributed by atoms with E-state index in [2.05, 4.69) is 61.5 Å². The second kappa shape index (κ2) is 19.3. The Morgan fingerprint density at radius 3 is 2.48 bits per heavy atom. The van der Waals surface area contributed by atoms with E-state index in [9.17, 15) is 18.0 Å². The number of nitrogen functional groups attached to an aromatic ring is 1. The zero-order valence-corrected chi connectivity index (χ0v) is 35.5. The number of sulfone groups is 1. The fourth-order valence-corrected chi connectivity index (χ4v) is 9.48. The number of fused-ring (bicyclic) bond motifs is 3. The summed E-state index contributed by atoms with van der Waals surface area (Å²) < 4.78 is 26.5. The number of hydrazine groups is 1. The average Bonchev–Trinajstić information content (AvgIpc) is 3.75. The molecule has 58 heavy (non-hydrogen) atoms. The van der Waals surface area contributed by atoms with Crippen LogP contribution in [0, 0.1) is 36.5 Å². The molecule has 4 aromatic heterocycles. The summed E-state index contributed by atoms with van der Waals surface area (Å²) in [4.78, 5) is 46.6. The molecular weight excluding hydrogens is 775 g/mol. The van der Waals surface area contributed by atoms with Crippen LogP contribution >= 0.6 is 11.3 Å². The van der Waals surface area contributed by atoms with Crippen LogP contribution in [0.5, 0.6) is 0 Å². The molecule has 0 atom stereocenters. The molecule has 6 rings (SSSR count). The summed E-state index contributed by atoms with van der Waals surface area (Å²) in [5, 5.41) is 4.16. The summed E-state index contributed by atoms with van der Waals surface area (Å²) in [6.07, 6.45) is 15.3. The third-order valence-corrected chi connectivity index (χ3v) is 13.0. The first-order valence-electron chi connectivity index (χ1n) is 20.4. The van der Waals surface area contributed by atoms with E-state index < -0.39 is 9.84 Å².